The Morgan fingerprint density at radius 1 is 1.20 bits per heavy atom. The smallest absolute Gasteiger partial charge is 0.349 e. The molecule has 1 aromatic carbocycles. The van der Waals surface area contributed by atoms with Crippen LogP contribution in [0, 0.1) is 0 Å². The van der Waals surface area contributed by atoms with Gasteiger partial charge in [-0.25, -0.2) is 0 Å². The Kier molecular flexibility index (Phi) is 4.47. The van der Waals surface area contributed by atoms with Crippen molar-refractivity contribution < 1.29 is 22.8 Å². The minimum Gasteiger partial charge on any atom is -0.349 e. The van der Waals surface area contributed by atoms with Crippen molar-refractivity contribution in [3.63, 3.8) is 0 Å². The highest BCUT2D eigenvalue weighted by Gasteiger charge is 2.33. The molecular weight excluding hydrogens is 337 g/mol. The topological polar surface area (TPSA) is 76.0 Å². The standard InChI is InChI=1S/C16H15F3N4O2/c17-16(18,19)13-7-8-23(22-13)9-14(24)21-12-4-2-1-3-11(12)15(25)20-10-5-6-10/h1-4,7-8,10H,5-6,9H2,(H,20,25)(H,21,24). The fourth-order valence-electron chi connectivity index (χ4n) is 2.22. The van der Waals surface area contributed by atoms with Gasteiger partial charge in [0.15, 0.2) is 5.69 Å². The predicted molar refractivity (Wildman–Crippen MR) is 82.8 cm³/mol. The largest absolute Gasteiger partial charge is 0.435 e. The van der Waals surface area contributed by atoms with E-state index in [0.717, 1.165) is 29.8 Å². The molecule has 0 bridgehead atoms. The summed E-state index contributed by atoms with van der Waals surface area (Å²) < 4.78 is 38.4. The van der Waals surface area contributed by atoms with Gasteiger partial charge in [0.2, 0.25) is 5.91 Å². The summed E-state index contributed by atoms with van der Waals surface area (Å²) in [6.45, 7) is -0.394. The van der Waals surface area contributed by atoms with E-state index >= 15 is 0 Å². The SMILES string of the molecule is O=C(Cn1ccc(C(F)(F)F)n1)Nc1ccccc1C(=O)NC1CC1. The molecule has 1 heterocycles. The lowest BCUT2D eigenvalue weighted by molar-refractivity contribution is -0.141. The fraction of sp³-hybridized carbons (Fsp3) is 0.312. The van der Waals surface area contributed by atoms with Crippen molar-refractivity contribution in [1.29, 1.82) is 0 Å². The summed E-state index contributed by atoms with van der Waals surface area (Å²) in [5.74, 6) is -0.875. The lowest BCUT2D eigenvalue weighted by Crippen LogP contribution is -2.27. The van der Waals surface area contributed by atoms with Crippen molar-refractivity contribution in [1.82, 2.24) is 15.1 Å². The maximum Gasteiger partial charge on any atom is 0.435 e. The second kappa shape index (κ2) is 6.58. The highest BCUT2D eigenvalue weighted by molar-refractivity contribution is 6.03. The second-order valence-corrected chi connectivity index (χ2v) is 5.74. The minimum absolute atomic E-state index is 0.168. The van der Waals surface area contributed by atoms with E-state index in [1.807, 2.05) is 0 Å². The van der Waals surface area contributed by atoms with Gasteiger partial charge in [-0.2, -0.15) is 18.3 Å². The Labute approximate surface area is 141 Å². The Morgan fingerprint density at radius 2 is 1.92 bits per heavy atom. The van der Waals surface area contributed by atoms with Crippen molar-refractivity contribution in [2.75, 3.05) is 5.32 Å². The van der Waals surface area contributed by atoms with Gasteiger partial charge >= 0.3 is 6.18 Å². The number of aromatic nitrogens is 2. The number of benzene rings is 1. The van der Waals surface area contributed by atoms with Gasteiger partial charge in [0.05, 0.1) is 11.3 Å². The fourth-order valence-corrected chi connectivity index (χ4v) is 2.22. The average Bonchev–Trinajstić information content (AvgIpc) is 3.21. The van der Waals surface area contributed by atoms with Gasteiger partial charge < -0.3 is 10.6 Å². The maximum atomic E-state index is 12.5. The maximum absolute atomic E-state index is 12.5. The third kappa shape index (κ3) is 4.37. The molecule has 0 unspecified atom stereocenters. The normalized spacial score (nSPS) is 14.2. The van der Waals surface area contributed by atoms with Crippen LogP contribution in [-0.2, 0) is 17.5 Å². The van der Waals surface area contributed by atoms with Crippen LogP contribution in [0.5, 0.6) is 0 Å². The van der Waals surface area contributed by atoms with Crippen LogP contribution < -0.4 is 10.6 Å². The zero-order chi connectivity index (χ0) is 18.0. The number of halogens is 3. The first-order chi connectivity index (χ1) is 11.8. The Hall–Kier alpha value is -2.84. The van der Waals surface area contributed by atoms with E-state index in [2.05, 4.69) is 15.7 Å². The molecule has 25 heavy (non-hydrogen) atoms. The van der Waals surface area contributed by atoms with E-state index in [0.29, 0.717) is 11.3 Å². The molecule has 3 rings (SSSR count). The molecule has 0 aliphatic heterocycles. The molecule has 6 nitrogen and oxygen atoms in total. The number of nitrogens with one attached hydrogen (secondary N) is 2. The van der Waals surface area contributed by atoms with Crippen LogP contribution in [0.2, 0.25) is 0 Å². The molecule has 2 N–H and O–H groups in total. The summed E-state index contributed by atoms with van der Waals surface area (Å²) in [7, 11) is 0. The molecule has 1 saturated carbocycles. The van der Waals surface area contributed by atoms with Crippen molar-refractivity contribution in [2.24, 2.45) is 0 Å². The van der Waals surface area contributed by atoms with E-state index in [4.69, 9.17) is 0 Å². The number of hydrogen-bond donors (Lipinski definition) is 2. The van der Waals surface area contributed by atoms with Crippen molar-refractivity contribution in [3.05, 3.63) is 47.8 Å². The zero-order valence-electron chi connectivity index (χ0n) is 13.0. The van der Waals surface area contributed by atoms with E-state index in [9.17, 15) is 22.8 Å². The molecule has 9 heteroatoms. The summed E-state index contributed by atoms with van der Waals surface area (Å²) in [5, 5.41) is 8.68. The first kappa shape index (κ1) is 17.0. The molecule has 1 aliphatic rings. The molecule has 1 fully saturated rings. The van der Waals surface area contributed by atoms with Gasteiger partial charge in [-0.1, -0.05) is 12.1 Å². The number of hydrogen-bond acceptors (Lipinski definition) is 3. The van der Waals surface area contributed by atoms with Crippen LogP contribution in [0.4, 0.5) is 18.9 Å². The van der Waals surface area contributed by atoms with Gasteiger partial charge in [0.25, 0.3) is 5.91 Å². The quantitative estimate of drug-likeness (QED) is 0.868. The Balaban J connectivity index is 1.66. The number of nitrogens with zero attached hydrogens (tertiary/aromatic N) is 2. The van der Waals surface area contributed by atoms with Crippen LogP contribution in [-0.4, -0.2) is 27.6 Å². The number of rotatable bonds is 5. The number of amides is 2. The summed E-state index contributed by atoms with van der Waals surface area (Å²) in [5.41, 5.74) is -0.461. The first-order valence-electron chi connectivity index (χ1n) is 7.63. The van der Waals surface area contributed by atoms with Gasteiger partial charge in [-0.3, -0.25) is 14.3 Å². The molecule has 0 radical (unpaired) electrons. The number of carbonyl (C=O) groups excluding carboxylic acids is 2. The lowest BCUT2D eigenvalue weighted by Gasteiger charge is -2.11. The number of carbonyl (C=O) groups is 2. The van der Waals surface area contributed by atoms with Crippen LogP contribution in [0.3, 0.4) is 0 Å². The highest BCUT2D eigenvalue weighted by atomic mass is 19.4. The summed E-state index contributed by atoms with van der Waals surface area (Å²) in [6, 6.07) is 7.41. The van der Waals surface area contributed by atoms with Gasteiger partial charge in [-0.05, 0) is 31.0 Å². The van der Waals surface area contributed by atoms with Crippen molar-refractivity contribution in [3.8, 4) is 0 Å². The third-order valence-corrected chi connectivity index (χ3v) is 3.60. The lowest BCUT2D eigenvalue weighted by atomic mass is 10.1. The molecule has 0 saturated heterocycles. The van der Waals surface area contributed by atoms with E-state index in [1.165, 1.54) is 0 Å². The molecule has 2 aromatic rings. The van der Waals surface area contributed by atoms with E-state index < -0.39 is 24.3 Å². The number of alkyl halides is 3. The zero-order valence-corrected chi connectivity index (χ0v) is 13.0. The molecular formula is C16H15F3N4O2. The monoisotopic (exact) mass is 352 g/mol. The van der Waals surface area contributed by atoms with Crippen LogP contribution in [0.25, 0.3) is 0 Å². The summed E-state index contributed by atoms with van der Waals surface area (Å²) >= 11 is 0. The van der Waals surface area contributed by atoms with Crippen molar-refractivity contribution in [2.45, 2.75) is 31.6 Å². The second-order valence-electron chi connectivity index (χ2n) is 5.74. The number of para-hydroxylation sites is 1. The highest BCUT2D eigenvalue weighted by Crippen LogP contribution is 2.27. The summed E-state index contributed by atoms with van der Waals surface area (Å²) in [6.07, 6.45) is -1.62. The predicted octanol–water partition coefficient (Wildman–Crippen LogP) is 2.43. The summed E-state index contributed by atoms with van der Waals surface area (Å²) in [4.78, 5) is 24.2. The minimum atomic E-state index is -4.56. The molecule has 2 amide bonds. The molecule has 1 aliphatic carbocycles. The van der Waals surface area contributed by atoms with Crippen LogP contribution in [0.1, 0.15) is 28.9 Å². The van der Waals surface area contributed by atoms with E-state index in [-0.39, 0.29) is 11.9 Å². The van der Waals surface area contributed by atoms with Crippen LogP contribution in [0.15, 0.2) is 36.5 Å². The molecule has 132 valence electrons. The average molecular weight is 352 g/mol. The Bertz CT molecular complexity index is 797. The van der Waals surface area contributed by atoms with E-state index in [1.54, 1.807) is 24.3 Å². The third-order valence-electron chi connectivity index (χ3n) is 3.60. The molecule has 0 spiro atoms. The van der Waals surface area contributed by atoms with Crippen molar-refractivity contribution >= 4 is 17.5 Å². The van der Waals surface area contributed by atoms with Gasteiger partial charge in [0.1, 0.15) is 6.54 Å². The van der Waals surface area contributed by atoms with Gasteiger partial charge in [-0.15, -0.1) is 0 Å². The first-order valence-corrected chi connectivity index (χ1v) is 7.63. The number of anilines is 1. The Morgan fingerprint density at radius 3 is 2.56 bits per heavy atom. The molecule has 0 atom stereocenters. The molecule has 1 aromatic heterocycles. The van der Waals surface area contributed by atoms with Crippen LogP contribution >= 0.6 is 0 Å². The van der Waals surface area contributed by atoms with Gasteiger partial charge in [0, 0.05) is 12.2 Å².